The quantitative estimate of drug-likeness (QED) is 0.664. The lowest BCUT2D eigenvalue weighted by Crippen LogP contribution is -2.36. The summed E-state index contributed by atoms with van der Waals surface area (Å²) in [4.78, 5) is 11.4. The summed E-state index contributed by atoms with van der Waals surface area (Å²) in [6.45, 7) is 2.91. The van der Waals surface area contributed by atoms with Gasteiger partial charge in [-0.2, -0.15) is 0 Å². The zero-order chi connectivity index (χ0) is 10.4. The van der Waals surface area contributed by atoms with Crippen LogP contribution in [0.1, 0.15) is 32.6 Å². The molecule has 0 heterocycles. The Kier molecular flexibility index (Phi) is 4.66. The molecular weight excluding hydrogens is 176 g/mol. The molecule has 1 aliphatic rings. The maximum atomic E-state index is 11.4. The second-order valence-electron chi connectivity index (χ2n) is 3.94. The van der Waals surface area contributed by atoms with Crippen LogP contribution in [0.4, 0.5) is 0 Å². The number of nitrogens with one attached hydrogen (secondary N) is 2. The average molecular weight is 196 g/mol. The molecule has 0 saturated carbocycles. The van der Waals surface area contributed by atoms with Gasteiger partial charge in [0.15, 0.2) is 0 Å². The highest BCUT2D eigenvalue weighted by Crippen LogP contribution is 2.17. The van der Waals surface area contributed by atoms with Gasteiger partial charge in [-0.05, 0) is 33.2 Å². The van der Waals surface area contributed by atoms with E-state index < -0.39 is 0 Å². The highest BCUT2D eigenvalue weighted by molar-refractivity contribution is 5.76. The van der Waals surface area contributed by atoms with Crippen LogP contribution in [0.2, 0.25) is 0 Å². The van der Waals surface area contributed by atoms with Gasteiger partial charge in [-0.3, -0.25) is 4.79 Å². The van der Waals surface area contributed by atoms with Crippen molar-refractivity contribution in [2.45, 2.75) is 38.6 Å². The molecular formula is C11H20N2O. The fourth-order valence-electron chi connectivity index (χ4n) is 1.63. The largest absolute Gasteiger partial charge is 0.353 e. The molecule has 0 spiro atoms. The van der Waals surface area contributed by atoms with Crippen molar-refractivity contribution in [3.05, 3.63) is 11.6 Å². The molecule has 0 bridgehead atoms. The van der Waals surface area contributed by atoms with Gasteiger partial charge in [0.05, 0.1) is 0 Å². The Bertz CT molecular complexity index is 223. The molecule has 1 unspecified atom stereocenters. The van der Waals surface area contributed by atoms with E-state index in [1.165, 1.54) is 5.57 Å². The number of rotatable bonds is 4. The van der Waals surface area contributed by atoms with Crippen molar-refractivity contribution >= 4 is 5.91 Å². The Hall–Kier alpha value is -0.830. The van der Waals surface area contributed by atoms with E-state index in [9.17, 15) is 4.79 Å². The lowest BCUT2D eigenvalue weighted by atomic mass is 9.96. The van der Waals surface area contributed by atoms with Crippen molar-refractivity contribution in [1.82, 2.24) is 10.6 Å². The average Bonchev–Trinajstić information content (AvgIpc) is 2.18. The first-order valence-electron chi connectivity index (χ1n) is 5.32. The van der Waals surface area contributed by atoms with Crippen molar-refractivity contribution < 1.29 is 4.79 Å². The third-order valence-electron chi connectivity index (χ3n) is 2.61. The number of carbonyl (C=O) groups excluding carboxylic acids is 1. The summed E-state index contributed by atoms with van der Waals surface area (Å²) < 4.78 is 0. The van der Waals surface area contributed by atoms with E-state index in [2.05, 4.69) is 23.6 Å². The fraction of sp³-hybridized carbons (Fsp3) is 0.727. The van der Waals surface area contributed by atoms with Gasteiger partial charge in [-0.1, -0.05) is 11.6 Å². The summed E-state index contributed by atoms with van der Waals surface area (Å²) in [5.41, 5.74) is 1.45. The zero-order valence-electron chi connectivity index (χ0n) is 9.10. The summed E-state index contributed by atoms with van der Waals surface area (Å²) in [7, 11) is 1.86. The summed E-state index contributed by atoms with van der Waals surface area (Å²) in [5.74, 6) is 0.164. The highest BCUT2D eigenvalue weighted by atomic mass is 16.1. The molecule has 0 aromatic carbocycles. The third kappa shape index (κ3) is 3.92. The Labute approximate surface area is 86.0 Å². The van der Waals surface area contributed by atoms with Gasteiger partial charge in [0.2, 0.25) is 5.91 Å². The van der Waals surface area contributed by atoms with Gasteiger partial charge in [0.25, 0.3) is 0 Å². The Morgan fingerprint density at radius 1 is 1.64 bits per heavy atom. The van der Waals surface area contributed by atoms with Gasteiger partial charge < -0.3 is 10.6 Å². The lowest BCUT2D eigenvalue weighted by molar-refractivity contribution is -0.121. The van der Waals surface area contributed by atoms with Crippen molar-refractivity contribution in [3.8, 4) is 0 Å². The first-order chi connectivity index (χ1) is 6.72. The monoisotopic (exact) mass is 196 g/mol. The van der Waals surface area contributed by atoms with E-state index in [1.54, 1.807) is 0 Å². The van der Waals surface area contributed by atoms with Crippen LogP contribution >= 0.6 is 0 Å². The van der Waals surface area contributed by atoms with Crippen LogP contribution in [0.5, 0.6) is 0 Å². The second-order valence-corrected chi connectivity index (χ2v) is 3.94. The van der Waals surface area contributed by atoms with E-state index in [1.807, 2.05) is 7.05 Å². The number of hydrogen-bond donors (Lipinski definition) is 2. The molecule has 1 atom stereocenters. The minimum absolute atomic E-state index is 0.164. The summed E-state index contributed by atoms with van der Waals surface area (Å²) in [5, 5.41) is 6.02. The molecule has 1 aliphatic carbocycles. The molecule has 1 rings (SSSR count). The minimum Gasteiger partial charge on any atom is -0.353 e. The molecule has 0 radical (unpaired) electrons. The highest BCUT2D eigenvalue weighted by Gasteiger charge is 2.14. The van der Waals surface area contributed by atoms with E-state index in [0.29, 0.717) is 12.5 Å². The number of hydrogen-bond acceptors (Lipinski definition) is 2. The van der Waals surface area contributed by atoms with E-state index in [4.69, 9.17) is 0 Å². The topological polar surface area (TPSA) is 41.1 Å². The Morgan fingerprint density at radius 2 is 2.43 bits per heavy atom. The maximum Gasteiger partial charge on any atom is 0.221 e. The molecule has 0 saturated heterocycles. The molecule has 3 nitrogen and oxygen atoms in total. The van der Waals surface area contributed by atoms with Crippen molar-refractivity contribution in [2.75, 3.05) is 13.6 Å². The molecule has 2 N–H and O–H groups in total. The van der Waals surface area contributed by atoms with Gasteiger partial charge in [-0.15, -0.1) is 0 Å². The Balaban J connectivity index is 2.21. The molecule has 14 heavy (non-hydrogen) atoms. The van der Waals surface area contributed by atoms with Crippen LogP contribution in [0.15, 0.2) is 11.6 Å². The fourth-order valence-corrected chi connectivity index (χ4v) is 1.63. The van der Waals surface area contributed by atoms with Gasteiger partial charge in [-0.25, -0.2) is 0 Å². The van der Waals surface area contributed by atoms with Crippen LogP contribution in [0.25, 0.3) is 0 Å². The zero-order valence-corrected chi connectivity index (χ0v) is 9.10. The van der Waals surface area contributed by atoms with Crippen LogP contribution < -0.4 is 10.6 Å². The SMILES string of the molecule is CNCCC(=O)NC1CC=C(C)CC1. The predicted molar refractivity (Wildman–Crippen MR) is 58.1 cm³/mol. The third-order valence-corrected chi connectivity index (χ3v) is 2.61. The van der Waals surface area contributed by atoms with Crippen molar-refractivity contribution in [1.29, 1.82) is 0 Å². The normalized spacial score (nSPS) is 21.6. The first kappa shape index (κ1) is 11.2. The molecule has 1 amide bonds. The first-order valence-corrected chi connectivity index (χ1v) is 5.32. The van der Waals surface area contributed by atoms with Crippen LogP contribution in [-0.2, 0) is 4.79 Å². The number of allylic oxidation sites excluding steroid dienone is 1. The lowest BCUT2D eigenvalue weighted by Gasteiger charge is -2.21. The van der Waals surface area contributed by atoms with Crippen molar-refractivity contribution in [3.63, 3.8) is 0 Å². The summed E-state index contributed by atoms with van der Waals surface area (Å²) in [6.07, 6.45) is 6.02. The standard InChI is InChI=1S/C11H20N2O/c1-9-3-5-10(6-4-9)13-11(14)7-8-12-2/h3,10,12H,4-8H2,1-2H3,(H,13,14). The smallest absolute Gasteiger partial charge is 0.221 e. The molecule has 0 aliphatic heterocycles. The van der Waals surface area contributed by atoms with Gasteiger partial charge >= 0.3 is 0 Å². The second kappa shape index (κ2) is 5.81. The molecule has 3 heteroatoms. The van der Waals surface area contributed by atoms with Gasteiger partial charge in [0, 0.05) is 19.0 Å². The molecule has 0 aromatic heterocycles. The molecule has 0 fully saturated rings. The van der Waals surface area contributed by atoms with Crippen LogP contribution in [0, 0.1) is 0 Å². The number of amides is 1. The number of carbonyl (C=O) groups is 1. The van der Waals surface area contributed by atoms with E-state index in [0.717, 1.165) is 25.8 Å². The molecule has 80 valence electrons. The Morgan fingerprint density at radius 3 is 3.00 bits per heavy atom. The molecule has 0 aromatic rings. The summed E-state index contributed by atoms with van der Waals surface area (Å²) >= 11 is 0. The maximum absolute atomic E-state index is 11.4. The van der Waals surface area contributed by atoms with Gasteiger partial charge in [0.1, 0.15) is 0 Å². The minimum atomic E-state index is 0.164. The van der Waals surface area contributed by atoms with E-state index in [-0.39, 0.29) is 5.91 Å². The van der Waals surface area contributed by atoms with Crippen LogP contribution in [0.3, 0.4) is 0 Å². The van der Waals surface area contributed by atoms with Crippen LogP contribution in [-0.4, -0.2) is 25.5 Å². The summed E-state index contributed by atoms with van der Waals surface area (Å²) in [6, 6.07) is 0.364. The predicted octanol–water partition coefficient (Wildman–Crippen LogP) is 1.21. The van der Waals surface area contributed by atoms with E-state index >= 15 is 0 Å². The van der Waals surface area contributed by atoms with Crippen molar-refractivity contribution in [2.24, 2.45) is 0 Å².